The molecular formula is C15H16N2O3. The third-order valence-corrected chi connectivity index (χ3v) is 3.03. The summed E-state index contributed by atoms with van der Waals surface area (Å²) in [6.45, 7) is 3.71. The summed E-state index contributed by atoms with van der Waals surface area (Å²) < 4.78 is 0. The zero-order valence-electron chi connectivity index (χ0n) is 11.3. The average Bonchev–Trinajstić information content (AvgIpc) is 2.36. The molecule has 1 amide bonds. The molecule has 0 aromatic heterocycles. The van der Waals surface area contributed by atoms with E-state index in [-0.39, 0.29) is 23.0 Å². The number of nitrogens with one attached hydrogen (secondary N) is 1. The number of hydrogen-bond acceptors (Lipinski definition) is 4. The van der Waals surface area contributed by atoms with E-state index in [2.05, 4.69) is 5.32 Å². The van der Waals surface area contributed by atoms with Gasteiger partial charge in [-0.1, -0.05) is 0 Å². The van der Waals surface area contributed by atoms with Crippen LogP contribution in [0.2, 0.25) is 0 Å². The van der Waals surface area contributed by atoms with Gasteiger partial charge in [0.25, 0.3) is 5.91 Å². The SMILES string of the molecule is Cc1cc(N)cc(C)c1NC(=O)c1ccc(O)c(O)c1. The lowest BCUT2D eigenvalue weighted by Gasteiger charge is -2.13. The Morgan fingerprint density at radius 3 is 2.20 bits per heavy atom. The van der Waals surface area contributed by atoms with Gasteiger partial charge in [-0.3, -0.25) is 4.79 Å². The molecule has 0 aliphatic carbocycles. The number of phenolic OH excluding ortho intramolecular Hbond substituents is 2. The van der Waals surface area contributed by atoms with Crippen LogP contribution < -0.4 is 11.1 Å². The topological polar surface area (TPSA) is 95.6 Å². The summed E-state index contributed by atoms with van der Waals surface area (Å²) in [4.78, 5) is 12.1. The highest BCUT2D eigenvalue weighted by atomic mass is 16.3. The lowest BCUT2D eigenvalue weighted by Crippen LogP contribution is -2.14. The summed E-state index contributed by atoms with van der Waals surface area (Å²) in [6, 6.07) is 7.47. The van der Waals surface area contributed by atoms with Crippen molar-refractivity contribution in [3.63, 3.8) is 0 Å². The predicted molar refractivity (Wildman–Crippen MR) is 78.1 cm³/mol. The van der Waals surface area contributed by atoms with Gasteiger partial charge in [0.1, 0.15) is 0 Å². The number of aryl methyl sites for hydroxylation is 2. The molecule has 0 aliphatic rings. The number of amides is 1. The Morgan fingerprint density at radius 1 is 1.05 bits per heavy atom. The van der Waals surface area contributed by atoms with Gasteiger partial charge in [0.05, 0.1) is 0 Å². The highest BCUT2D eigenvalue weighted by Gasteiger charge is 2.12. The van der Waals surface area contributed by atoms with Gasteiger partial charge in [-0.05, 0) is 55.3 Å². The lowest BCUT2D eigenvalue weighted by atomic mass is 10.1. The van der Waals surface area contributed by atoms with E-state index in [0.29, 0.717) is 11.4 Å². The van der Waals surface area contributed by atoms with Crippen molar-refractivity contribution in [2.45, 2.75) is 13.8 Å². The number of aromatic hydroxyl groups is 2. The Morgan fingerprint density at radius 2 is 1.65 bits per heavy atom. The van der Waals surface area contributed by atoms with Gasteiger partial charge < -0.3 is 21.3 Å². The second-order valence-electron chi connectivity index (χ2n) is 4.69. The molecule has 0 bridgehead atoms. The van der Waals surface area contributed by atoms with Gasteiger partial charge in [-0.2, -0.15) is 0 Å². The highest BCUT2D eigenvalue weighted by Crippen LogP contribution is 2.27. The molecule has 5 N–H and O–H groups in total. The van der Waals surface area contributed by atoms with Gasteiger partial charge >= 0.3 is 0 Å². The van der Waals surface area contributed by atoms with Gasteiger partial charge in [0.15, 0.2) is 11.5 Å². The number of nitrogen functional groups attached to an aromatic ring is 1. The van der Waals surface area contributed by atoms with Gasteiger partial charge in [-0.15, -0.1) is 0 Å². The summed E-state index contributed by atoms with van der Waals surface area (Å²) in [5.41, 5.74) is 9.04. The van der Waals surface area contributed by atoms with Gasteiger partial charge in [0, 0.05) is 16.9 Å². The van der Waals surface area contributed by atoms with Crippen LogP contribution in [0.5, 0.6) is 11.5 Å². The molecule has 0 unspecified atom stereocenters. The lowest BCUT2D eigenvalue weighted by molar-refractivity contribution is 0.102. The Labute approximate surface area is 116 Å². The van der Waals surface area contributed by atoms with Crippen LogP contribution in [0.3, 0.4) is 0 Å². The third kappa shape index (κ3) is 2.66. The maximum Gasteiger partial charge on any atom is 0.255 e. The van der Waals surface area contributed by atoms with Crippen LogP contribution >= 0.6 is 0 Å². The molecule has 0 fully saturated rings. The first-order valence-corrected chi connectivity index (χ1v) is 6.08. The second-order valence-corrected chi connectivity index (χ2v) is 4.69. The van der Waals surface area contributed by atoms with Crippen LogP contribution in [0.25, 0.3) is 0 Å². The maximum atomic E-state index is 12.1. The standard InChI is InChI=1S/C15H16N2O3/c1-8-5-11(16)6-9(2)14(8)17-15(20)10-3-4-12(18)13(19)7-10/h3-7,18-19H,16H2,1-2H3,(H,17,20). The molecule has 0 atom stereocenters. The van der Waals surface area contributed by atoms with Crippen LogP contribution in [0.1, 0.15) is 21.5 Å². The van der Waals surface area contributed by atoms with Crippen LogP contribution in [-0.2, 0) is 0 Å². The minimum absolute atomic E-state index is 0.260. The van der Waals surface area contributed by atoms with Crippen LogP contribution in [0.4, 0.5) is 11.4 Å². The smallest absolute Gasteiger partial charge is 0.255 e. The maximum absolute atomic E-state index is 12.1. The summed E-state index contributed by atoms with van der Waals surface area (Å²) in [5, 5.41) is 21.4. The largest absolute Gasteiger partial charge is 0.504 e. The molecule has 0 aliphatic heterocycles. The minimum Gasteiger partial charge on any atom is -0.504 e. The van der Waals surface area contributed by atoms with Crippen LogP contribution in [-0.4, -0.2) is 16.1 Å². The van der Waals surface area contributed by atoms with Crippen molar-refractivity contribution < 1.29 is 15.0 Å². The molecule has 2 rings (SSSR count). The summed E-state index contributed by atoms with van der Waals surface area (Å²) in [7, 11) is 0. The number of carbonyl (C=O) groups is 1. The fraction of sp³-hybridized carbons (Fsp3) is 0.133. The molecule has 5 nitrogen and oxygen atoms in total. The molecule has 2 aromatic rings. The highest BCUT2D eigenvalue weighted by molar-refractivity contribution is 6.05. The van der Waals surface area contributed by atoms with Crippen LogP contribution in [0.15, 0.2) is 30.3 Å². The Bertz CT molecular complexity index is 658. The molecule has 0 saturated heterocycles. The molecule has 5 heteroatoms. The molecular weight excluding hydrogens is 256 g/mol. The number of anilines is 2. The van der Waals surface area contributed by atoms with Crippen LogP contribution in [0, 0.1) is 13.8 Å². The van der Waals surface area contributed by atoms with Crippen molar-refractivity contribution in [2.24, 2.45) is 0 Å². The fourth-order valence-electron chi connectivity index (χ4n) is 2.04. The van der Waals surface area contributed by atoms with Gasteiger partial charge in [0.2, 0.25) is 0 Å². The zero-order chi connectivity index (χ0) is 14.9. The number of phenols is 2. The molecule has 0 heterocycles. The normalized spacial score (nSPS) is 10.3. The summed E-state index contributed by atoms with van der Waals surface area (Å²) in [6.07, 6.45) is 0. The third-order valence-electron chi connectivity index (χ3n) is 3.03. The van der Waals surface area contributed by atoms with Crippen molar-refractivity contribution in [2.75, 3.05) is 11.1 Å². The number of carbonyl (C=O) groups excluding carboxylic acids is 1. The molecule has 0 saturated carbocycles. The Balaban J connectivity index is 2.30. The number of hydrogen-bond donors (Lipinski definition) is 4. The fourth-order valence-corrected chi connectivity index (χ4v) is 2.04. The zero-order valence-corrected chi connectivity index (χ0v) is 11.3. The first-order valence-electron chi connectivity index (χ1n) is 6.08. The minimum atomic E-state index is -0.365. The molecule has 0 spiro atoms. The first kappa shape index (κ1) is 13.7. The first-order chi connectivity index (χ1) is 9.38. The molecule has 104 valence electrons. The summed E-state index contributed by atoms with van der Waals surface area (Å²) >= 11 is 0. The van der Waals surface area contributed by atoms with E-state index in [9.17, 15) is 15.0 Å². The Hall–Kier alpha value is -2.69. The monoisotopic (exact) mass is 272 g/mol. The van der Waals surface area contributed by atoms with E-state index in [1.54, 1.807) is 12.1 Å². The number of benzene rings is 2. The van der Waals surface area contributed by atoms with Crippen molar-refractivity contribution in [1.82, 2.24) is 0 Å². The van der Waals surface area contributed by atoms with Crippen molar-refractivity contribution >= 4 is 17.3 Å². The van der Waals surface area contributed by atoms with E-state index in [0.717, 1.165) is 11.1 Å². The Kier molecular flexibility index (Phi) is 3.52. The summed E-state index contributed by atoms with van der Waals surface area (Å²) in [5.74, 6) is -0.957. The van der Waals surface area contributed by atoms with Crippen molar-refractivity contribution in [3.05, 3.63) is 47.0 Å². The average molecular weight is 272 g/mol. The quantitative estimate of drug-likeness (QED) is 0.499. The van der Waals surface area contributed by atoms with Crippen molar-refractivity contribution in [3.8, 4) is 11.5 Å². The van der Waals surface area contributed by atoms with Crippen molar-refractivity contribution in [1.29, 1.82) is 0 Å². The van der Waals surface area contributed by atoms with E-state index in [1.165, 1.54) is 18.2 Å². The molecule has 20 heavy (non-hydrogen) atoms. The van der Waals surface area contributed by atoms with E-state index >= 15 is 0 Å². The number of nitrogens with two attached hydrogens (primary N) is 1. The second kappa shape index (κ2) is 5.13. The van der Waals surface area contributed by atoms with E-state index in [1.807, 2.05) is 13.8 Å². The van der Waals surface area contributed by atoms with Gasteiger partial charge in [-0.25, -0.2) is 0 Å². The molecule has 0 radical (unpaired) electrons. The number of rotatable bonds is 2. The molecule has 2 aromatic carbocycles. The van der Waals surface area contributed by atoms with E-state index in [4.69, 9.17) is 5.73 Å². The predicted octanol–water partition coefficient (Wildman–Crippen LogP) is 2.55. The van der Waals surface area contributed by atoms with E-state index < -0.39 is 0 Å².